The first kappa shape index (κ1) is 15.4. The normalized spacial score (nSPS) is 19.5. The number of amidine groups is 1. The van der Waals surface area contributed by atoms with Crippen LogP contribution in [0.5, 0.6) is 0 Å². The summed E-state index contributed by atoms with van der Waals surface area (Å²) in [5.41, 5.74) is 1.75. The number of hydrogen-bond donors (Lipinski definition) is 1. The Morgan fingerprint density at radius 2 is 1.77 bits per heavy atom. The number of amides is 1. The van der Waals surface area contributed by atoms with Gasteiger partial charge >= 0.3 is 0 Å². The molecule has 1 amide bonds. The van der Waals surface area contributed by atoms with E-state index in [0.717, 1.165) is 11.3 Å². The van der Waals surface area contributed by atoms with Gasteiger partial charge in [0.05, 0.1) is 10.9 Å². The van der Waals surface area contributed by atoms with Crippen LogP contribution in [-0.2, 0) is 11.2 Å². The molecule has 0 aromatic heterocycles. The maximum absolute atomic E-state index is 12.1. The monoisotopic (exact) mass is 350 g/mol. The number of carbonyl (C=O) groups excluding carboxylic acids is 1. The number of carbonyl (C=O) groups is 1. The second kappa shape index (κ2) is 6.73. The molecule has 1 N–H and O–H groups in total. The Kier molecular flexibility index (Phi) is 4.71. The molecule has 112 valence electrons. The Bertz CT molecular complexity index is 714. The average molecular weight is 351 g/mol. The second-order valence-corrected chi connectivity index (χ2v) is 6.89. The largest absolute Gasteiger partial charge is 0.304 e. The van der Waals surface area contributed by atoms with Gasteiger partial charge in [-0.3, -0.25) is 4.79 Å². The summed E-state index contributed by atoms with van der Waals surface area (Å²) in [6, 6.07) is 14.9. The molecule has 1 fully saturated rings. The lowest BCUT2D eigenvalue weighted by molar-refractivity contribution is -0.118. The van der Waals surface area contributed by atoms with E-state index in [1.807, 2.05) is 42.5 Å². The van der Waals surface area contributed by atoms with Crippen molar-refractivity contribution in [3.05, 3.63) is 64.1 Å². The van der Waals surface area contributed by atoms with Crippen LogP contribution >= 0.6 is 35.0 Å². The molecule has 22 heavy (non-hydrogen) atoms. The minimum absolute atomic E-state index is 0.0456. The molecule has 0 bridgehead atoms. The van der Waals surface area contributed by atoms with Crippen molar-refractivity contribution in [2.45, 2.75) is 11.7 Å². The smallest absolute Gasteiger partial charge is 0.239 e. The maximum atomic E-state index is 12.1. The Labute approximate surface area is 142 Å². The molecule has 1 aliphatic rings. The summed E-state index contributed by atoms with van der Waals surface area (Å²) in [7, 11) is 0. The van der Waals surface area contributed by atoms with Crippen LogP contribution in [0.15, 0.2) is 53.5 Å². The van der Waals surface area contributed by atoms with Gasteiger partial charge in [-0.15, -0.1) is 0 Å². The number of nitrogens with zero attached hydrogens (tertiary/aromatic N) is 1. The van der Waals surface area contributed by atoms with Gasteiger partial charge in [0.1, 0.15) is 0 Å². The summed E-state index contributed by atoms with van der Waals surface area (Å²) < 4.78 is 0. The fourth-order valence-electron chi connectivity index (χ4n) is 2.15. The predicted octanol–water partition coefficient (Wildman–Crippen LogP) is 4.46. The molecule has 3 rings (SSSR count). The molecule has 0 spiro atoms. The molecule has 1 aliphatic heterocycles. The fraction of sp³-hybridized carbons (Fsp3) is 0.125. The third-order valence-electron chi connectivity index (χ3n) is 3.11. The number of halogens is 2. The van der Waals surface area contributed by atoms with Crippen LogP contribution < -0.4 is 5.32 Å². The van der Waals surface area contributed by atoms with Gasteiger partial charge in [-0.25, -0.2) is 4.99 Å². The van der Waals surface area contributed by atoms with E-state index in [9.17, 15) is 4.79 Å². The molecule has 1 atom stereocenters. The molecule has 3 nitrogen and oxygen atoms in total. The van der Waals surface area contributed by atoms with E-state index in [-0.39, 0.29) is 11.2 Å². The van der Waals surface area contributed by atoms with E-state index in [2.05, 4.69) is 10.3 Å². The second-order valence-electron chi connectivity index (χ2n) is 4.83. The van der Waals surface area contributed by atoms with Crippen molar-refractivity contribution in [2.75, 3.05) is 0 Å². The first-order chi connectivity index (χ1) is 10.6. The number of para-hydroxylation sites is 1. The van der Waals surface area contributed by atoms with Gasteiger partial charge in [0.2, 0.25) is 5.91 Å². The molecule has 0 aliphatic carbocycles. The molecule has 0 saturated carbocycles. The van der Waals surface area contributed by atoms with E-state index >= 15 is 0 Å². The summed E-state index contributed by atoms with van der Waals surface area (Å²) in [4.78, 5) is 16.5. The van der Waals surface area contributed by atoms with Gasteiger partial charge in [0, 0.05) is 10.0 Å². The van der Waals surface area contributed by atoms with Crippen LogP contribution in [0.2, 0.25) is 10.0 Å². The Hall–Kier alpha value is -1.49. The van der Waals surface area contributed by atoms with Crippen molar-refractivity contribution in [1.82, 2.24) is 5.32 Å². The van der Waals surface area contributed by atoms with Gasteiger partial charge in [-0.05, 0) is 42.3 Å². The van der Waals surface area contributed by atoms with Gasteiger partial charge in [0.25, 0.3) is 0 Å². The lowest BCUT2D eigenvalue weighted by atomic mass is 10.1. The topological polar surface area (TPSA) is 41.5 Å². The van der Waals surface area contributed by atoms with Gasteiger partial charge in [-0.2, -0.15) is 0 Å². The lowest BCUT2D eigenvalue weighted by Crippen LogP contribution is -2.25. The van der Waals surface area contributed by atoms with Crippen LogP contribution in [-0.4, -0.2) is 16.3 Å². The predicted molar refractivity (Wildman–Crippen MR) is 93.2 cm³/mol. The summed E-state index contributed by atoms with van der Waals surface area (Å²) in [6.45, 7) is 0. The van der Waals surface area contributed by atoms with Crippen molar-refractivity contribution >= 4 is 51.7 Å². The molecule has 1 heterocycles. The maximum Gasteiger partial charge on any atom is 0.239 e. The van der Waals surface area contributed by atoms with Crippen LogP contribution in [0.4, 0.5) is 5.69 Å². The first-order valence-corrected chi connectivity index (χ1v) is 8.30. The van der Waals surface area contributed by atoms with Gasteiger partial charge in [-0.1, -0.05) is 53.2 Å². The molecule has 2 aromatic carbocycles. The zero-order chi connectivity index (χ0) is 15.5. The third-order valence-corrected chi connectivity index (χ3v) is 4.63. The zero-order valence-electron chi connectivity index (χ0n) is 11.4. The van der Waals surface area contributed by atoms with Gasteiger partial charge < -0.3 is 5.32 Å². The first-order valence-electron chi connectivity index (χ1n) is 6.66. The van der Waals surface area contributed by atoms with E-state index < -0.39 is 0 Å². The number of benzene rings is 2. The van der Waals surface area contributed by atoms with E-state index in [1.165, 1.54) is 11.8 Å². The standard InChI is InChI=1S/C16H12Cl2N2OS/c17-11-6-10(7-12(18)9-11)8-14-15(21)20-16(22-14)19-13-4-2-1-3-5-13/h1-7,9,14H,8H2,(H,19,20,21). The van der Waals surface area contributed by atoms with Crippen LogP contribution in [0.3, 0.4) is 0 Å². The quantitative estimate of drug-likeness (QED) is 0.887. The Morgan fingerprint density at radius 3 is 2.45 bits per heavy atom. The minimum atomic E-state index is -0.225. The van der Waals surface area contributed by atoms with Gasteiger partial charge in [0.15, 0.2) is 5.17 Å². The van der Waals surface area contributed by atoms with E-state index in [4.69, 9.17) is 23.2 Å². The van der Waals surface area contributed by atoms with Crippen molar-refractivity contribution in [3.8, 4) is 0 Å². The molecular weight excluding hydrogens is 339 g/mol. The van der Waals surface area contributed by atoms with Crippen molar-refractivity contribution in [1.29, 1.82) is 0 Å². The molecule has 1 unspecified atom stereocenters. The lowest BCUT2D eigenvalue weighted by Gasteiger charge is -2.06. The molecular formula is C16H12Cl2N2OS. The van der Waals surface area contributed by atoms with Crippen LogP contribution in [0.1, 0.15) is 5.56 Å². The third kappa shape index (κ3) is 3.83. The van der Waals surface area contributed by atoms with Crippen molar-refractivity contribution < 1.29 is 4.79 Å². The fourth-order valence-corrected chi connectivity index (χ4v) is 3.76. The molecule has 2 aromatic rings. The minimum Gasteiger partial charge on any atom is -0.304 e. The number of hydrogen-bond acceptors (Lipinski definition) is 3. The highest BCUT2D eigenvalue weighted by atomic mass is 35.5. The van der Waals surface area contributed by atoms with Crippen LogP contribution in [0.25, 0.3) is 0 Å². The molecule has 6 heteroatoms. The number of rotatable bonds is 3. The van der Waals surface area contributed by atoms with Crippen LogP contribution in [0, 0.1) is 0 Å². The highest BCUT2D eigenvalue weighted by molar-refractivity contribution is 8.15. The SMILES string of the molecule is O=C1NC(=Nc2ccccc2)SC1Cc1cc(Cl)cc(Cl)c1. The summed E-state index contributed by atoms with van der Waals surface area (Å²) >= 11 is 13.4. The Balaban J connectivity index is 1.74. The number of nitrogens with one attached hydrogen (secondary N) is 1. The average Bonchev–Trinajstić information content (AvgIpc) is 2.78. The highest BCUT2D eigenvalue weighted by Gasteiger charge is 2.30. The highest BCUT2D eigenvalue weighted by Crippen LogP contribution is 2.27. The summed E-state index contributed by atoms with van der Waals surface area (Å²) in [6.07, 6.45) is 0.560. The number of thioether (sulfide) groups is 1. The molecule has 1 saturated heterocycles. The van der Waals surface area contributed by atoms with E-state index in [1.54, 1.807) is 6.07 Å². The van der Waals surface area contributed by atoms with E-state index in [0.29, 0.717) is 21.6 Å². The zero-order valence-corrected chi connectivity index (χ0v) is 13.8. The molecule has 0 radical (unpaired) electrons. The van der Waals surface area contributed by atoms with Crippen molar-refractivity contribution in [2.24, 2.45) is 4.99 Å². The number of aliphatic imine (C=N–C) groups is 1. The summed E-state index contributed by atoms with van der Waals surface area (Å²) in [5.74, 6) is -0.0456. The van der Waals surface area contributed by atoms with Crippen molar-refractivity contribution in [3.63, 3.8) is 0 Å². The summed E-state index contributed by atoms with van der Waals surface area (Å²) in [5, 5.41) is 4.35. The Morgan fingerprint density at radius 1 is 1.09 bits per heavy atom.